The second-order valence-corrected chi connectivity index (χ2v) is 7.47. The summed E-state index contributed by atoms with van der Waals surface area (Å²) in [4.78, 5) is 14.1. The second kappa shape index (κ2) is 10.8. The molecule has 142 valence electrons. The zero-order valence-corrected chi connectivity index (χ0v) is 16.2. The number of rotatable bonds is 9. The lowest BCUT2D eigenvalue weighted by Gasteiger charge is -2.26. The minimum atomic E-state index is -0.0629. The lowest BCUT2D eigenvalue weighted by molar-refractivity contribution is -0.179. The van der Waals surface area contributed by atoms with Crippen LogP contribution in [0.5, 0.6) is 0 Å². The van der Waals surface area contributed by atoms with Crippen molar-refractivity contribution in [2.75, 3.05) is 20.7 Å². The number of carbonyl (C=O) groups excluding carboxylic acids is 1. The molecular formula is C21H35NO3. The van der Waals surface area contributed by atoms with Gasteiger partial charge in [0.15, 0.2) is 12.1 Å². The number of carbonyl (C=O) groups is 1. The van der Waals surface area contributed by atoms with E-state index in [2.05, 4.69) is 19.1 Å². The van der Waals surface area contributed by atoms with Gasteiger partial charge in [-0.25, -0.2) is 0 Å². The molecule has 4 nitrogen and oxygen atoms in total. The standard InChI is InChI=1S/C21H35NO3/c1-4-5-6-9-18(25-21-10-7-8-15-24-21)13-11-17-12-14-20(23)19(17)16-22(2)3/h11,13,16-18,21H,4-10,12,14-15H2,1-3H3. The molecule has 3 atom stereocenters. The van der Waals surface area contributed by atoms with Crippen LogP contribution in [0.15, 0.2) is 23.9 Å². The first-order valence-electron chi connectivity index (χ1n) is 9.97. The molecular weight excluding hydrogens is 314 g/mol. The fraction of sp³-hybridized carbons (Fsp3) is 0.762. The van der Waals surface area contributed by atoms with E-state index in [1.807, 2.05) is 25.2 Å². The second-order valence-electron chi connectivity index (χ2n) is 7.47. The molecule has 0 aromatic carbocycles. The molecule has 1 saturated heterocycles. The van der Waals surface area contributed by atoms with E-state index >= 15 is 0 Å². The van der Waals surface area contributed by atoms with Crippen LogP contribution in [0.1, 0.15) is 64.7 Å². The average molecular weight is 350 g/mol. The van der Waals surface area contributed by atoms with E-state index in [0.717, 1.165) is 37.9 Å². The molecule has 3 unspecified atom stereocenters. The highest BCUT2D eigenvalue weighted by molar-refractivity contribution is 5.98. The van der Waals surface area contributed by atoms with Gasteiger partial charge in [0.2, 0.25) is 0 Å². The van der Waals surface area contributed by atoms with Gasteiger partial charge < -0.3 is 14.4 Å². The molecule has 25 heavy (non-hydrogen) atoms. The molecule has 1 aliphatic heterocycles. The monoisotopic (exact) mass is 349 g/mol. The van der Waals surface area contributed by atoms with Gasteiger partial charge in [-0.05, 0) is 32.1 Å². The van der Waals surface area contributed by atoms with E-state index in [1.54, 1.807) is 0 Å². The van der Waals surface area contributed by atoms with Crippen LogP contribution in [0.2, 0.25) is 0 Å². The summed E-state index contributed by atoms with van der Waals surface area (Å²) in [5, 5.41) is 0. The zero-order chi connectivity index (χ0) is 18.1. The Morgan fingerprint density at radius 2 is 2.12 bits per heavy atom. The van der Waals surface area contributed by atoms with Crippen molar-refractivity contribution in [3.8, 4) is 0 Å². The fourth-order valence-electron chi connectivity index (χ4n) is 3.52. The highest BCUT2D eigenvalue weighted by Gasteiger charge is 2.27. The number of unbranched alkanes of at least 4 members (excludes halogenated alkanes) is 2. The van der Waals surface area contributed by atoms with Crippen molar-refractivity contribution >= 4 is 5.78 Å². The van der Waals surface area contributed by atoms with E-state index in [4.69, 9.17) is 9.47 Å². The van der Waals surface area contributed by atoms with E-state index in [9.17, 15) is 4.79 Å². The molecule has 1 aliphatic carbocycles. The van der Waals surface area contributed by atoms with Gasteiger partial charge in [0.05, 0.1) is 6.10 Å². The molecule has 2 rings (SSSR count). The molecule has 2 fully saturated rings. The molecule has 0 radical (unpaired) electrons. The van der Waals surface area contributed by atoms with Gasteiger partial charge in [-0.3, -0.25) is 4.79 Å². The molecule has 1 saturated carbocycles. The summed E-state index contributed by atoms with van der Waals surface area (Å²) in [7, 11) is 3.94. The third kappa shape index (κ3) is 6.95. The molecule has 0 aromatic rings. The highest BCUT2D eigenvalue weighted by Crippen LogP contribution is 2.30. The van der Waals surface area contributed by atoms with Gasteiger partial charge in [0.1, 0.15) is 0 Å². The van der Waals surface area contributed by atoms with Crippen molar-refractivity contribution in [1.29, 1.82) is 0 Å². The highest BCUT2D eigenvalue weighted by atomic mass is 16.7. The van der Waals surface area contributed by atoms with E-state index in [1.165, 1.54) is 25.7 Å². The molecule has 4 heteroatoms. The lowest BCUT2D eigenvalue weighted by atomic mass is 10.0. The molecule has 0 N–H and O–H groups in total. The minimum Gasteiger partial charge on any atom is -0.383 e. The van der Waals surface area contributed by atoms with Gasteiger partial charge in [-0.1, -0.05) is 38.3 Å². The molecule has 0 bridgehead atoms. The van der Waals surface area contributed by atoms with Crippen molar-refractivity contribution in [2.24, 2.45) is 5.92 Å². The molecule has 1 heterocycles. The van der Waals surface area contributed by atoms with Crippen molar-refractivity contribution < 1.29 is 14.3 Å². The summed E-state index contributed by atoms with van der Waals surface area (Å²) < 4.78 is 12.0. The predicted molar refractivity (Wildman–Crippen MR) is 101 cm³/mol. The average Bonchev–Trinajstić information content (AvgIpc) is 2.93. The number of hydrogen-bond acceptors (Lipinski definition) is 4. The van der Waals surface area contributed by atoms with Gasteiger partial charge in [0.25, 0.3) is 0 Å². The maximum Gasteiger partial charge on any atom is 0.160 e. The van der Waals surface area contributed by atoms with Gasteiger partial charge in [-0.2, -0.15) is 0 Å². The van der Waals surface area contributed by atoms with Gasteiger partial charge in [0, 0.05) is 44.8 Å². The Kier molecular flexibility index (Phi) is 8.70. The first-order chi connectivity index (χ1) is 12.1. The number of nitrogens with zero attached hydrogens (tertiary/aromatic N) is 1. The summed E-state index contributed by atoms with van der Waals surface area (Å²) >= 11 is 0. The molecule has 0 spiro atoms. The summed E-state index contributed by atoms with van der Waals surface area (Å²) in [5.41, 5.74) is 0.933. The number of ether oxygens (including phenoxy) is 2. The molecule has 2 aliphatic rings. The van der Waals surface area contributed by atoms with Crippen LogP contribution in [0, 0.1) is 5.92 Å². The van der Waals surface area contributed by atoms with Crippen LogP contribution in [-0.4, -0.2) is 43.8 Å². The fourth-order valence-corrected chi connectivity index (χ4v) is 3.52. The van der Waals surface area contributed by atoms with Crippen molar-refractivity contribution in [3.05, 3.63) is 23.9 Å². The lowest BCUT2D eigenvalue weighted by Crippen LogP contribution is -2.27. The Balaban J connectivity index is 1.97. The smallest absolute Gasteiger partial charge is 0.160 e. The van der Waals surface area contributed by atoms with Crippen molar-refractivity contribution in [1.82, 2.24) is 4.90 Å². The third-order valence-electron chi connectivity index (χ3n) is 4.92. The summed E-state index contributed by atoms with van der Waals surface area (Å²) in [6.07, 6.45) is 15.9. The third-order valence-corrected chi connectivity index (χ3v) is 4.92. The topological polar surface area (TPSA) is 38.8 Å². The van der Waals surface area contributed by atoms with Crippen LogP contribution in [-0.2, 0) is 14.3 Å². The summed E-state index contributed by atoms with van der Waals surface area (Å²) in [6.45, 7) is 3.03. The van der Waals surface area contributed by atoms with Crippen LogP contribution >= 0.6 is 0 Å². The van der Waals surface area contributed by atoms with Gasteiger partial charge >= 0.3 is 0 Å². The van der Waals surface area contributed by atoms with Crippen LogP contribution in [0.25, 0.3) is 0 Å². The Morgan fingerprint density at radius 3 is 2.80 bits per heavy atom. The van der Waals surface area contributed by atoms with Gasteiger partial charge in [-0.15, -0.1) is 0 Å². The van der Waals surface area contributed by atoms with Crippen molar-refractivity contribution in [2.45, 2.75) is 77.1 Å². The minimum absolute atomic E-state index is 0.0629. The zero-order valence-electron chi connectivity index (χ0n) is 16.2. The SMILES string of the molecule is CCCCCC(C=CC1CCC(=O)C1=CN(C)C)OC1CCCCO1. The number of allylic oxidation sites excluding steroid dienone is 2. The Bertz CT molecular complexity index is 464. The Morgan fingerprint density at radius 1 is 1.28 bits per heavy atom. The van der Waals surface area contributed by atoms with E-state index in [0.29, 0.717) is 6.42 Å². The summed E-state index contributed by atoms with van der Waals surface area (Å²) in [5.74, 6) is 0.502. The maximum atomic E-state index is 12.1. The van der Waals surface area contributed by atoms with E-state index < -0.39 is 0 Å². The van der Waals surface area contributed by atoms with Crippen molar-refractivity contribution in [3.63, 3.8) is 0 Å². The largest absolute Gasteiger partial charge is 0.383 e. The van der Waals surface area contributed by atoms with Crippen LogP contribution in [0.3, 0.4) is 0 Å². The molecule has 0 amide bonds. The Labute approximate surface area is 153 Å². The normalized spacial score (nSPS) is 27.3. The number of Topliss-reactive ketones (excluding diaryl/α,β-unsaturated/α-hetero) is 1. The van der Waals surface area contributed by atoms with Crippen LogP contribution < -0.4 is 0 Å². The van der Waals surface area contributed by atoms with Crippen LogP contribution in [0.4, 0.5) is 0 Å². The first kappa shape index (κ1) is 20.2. The predicted octanol–water partition coefficient (Wildman–Crippen LogP) is 4.46. The number of ketones is 1. The summed E-state index contributed by atoms with van der Waals surface area (Å²) in [6, 6.07) is 0. The van der Waals surface area contributed by atoms with E-state index in [-0.39, 0.29) is 24.1 Å². The first-order valence-corrected chi connectivity index (χ1v) is 9.97. The quantitative estimate of drug-likeness (QED) is 0.350. The maximum absolute atomic E-state index is 12.1. The Hall–Kier alpha value is -1.13. The molecule has 0 aromatic heterocycles. The number of hydrogen-bond donors (Lipinski definition) is 0.